The molecule has 1 aromatic heterocycles. The van der Waals surface area contributed by atoms with Crippen LogP contribution in [0, 0.1) is 0 Å². The van der Waals surface area contributed by atoms with Crippen molar-refractivity contribution in [2.24, 2.45) is 0 Å². The van der Waals surface area contributed by atoms with Crippen LogP contribution in [0.15, 0.2) is 29.6 Å². The second-order valence-corrected chi connectivity index (χ2v) is 4.66. The van der Waals surface area contributed by atoms with E-state index in [-0.39, 0.29) is 5.76 Å². The van der Waals surface area contributed by atoms with E-state index in [1.165, 1.54) is 27.1 Å². The lowest BCUT2D eigenvalue weighted by atomic mass is 10.3. The fourth-order valence-electron chi connectivity index (χ4n) is 2.05. The summed E-state index contributed by atoms with van der Waals surface area (Å²) >= 11 is 0. The molecule has 1 aliphatic carbocycles. The molecule has 0 N–H and O–H groups in total. The molecule has 7 heteroatoms. The van der Waals surface area contributed by atoms with Crippen molar-refractivity contribution < 1.29 is 19.0 Å². The van der Waals surface area contributed by atoms with Gasteiger partial charge in [-0.15, -0.1) is 5.10 Å². The molecule has 1 aromatic rings. The van der Waals surface area contributed by atoms with Crippen molar-refractivity contribution in [3.05, 3.63) is 35.2 Å². The van der Waals surface area contributed by atoms with Crippen LogP contribution in [0.2, 0.25) is 0 Å². The van der Waals surface area contributed by atoms with Gasteiger partial charge in [0.15, 0.2) is 5.76 Å². The normalized spacial score (nSPS) is 20.5. The number of aromatic nitrogens is 3. The Hall–Kier alpha value is -2.31. The van der Waals surface area contributed by atoms with Gasteiger partial charge in [0, 0.05) is 12.1 Å². The van der Waals surface area contributed by atoms with E-state index < -0.39 is 5.97 Å². The first-order valence-electron chi connectivity index (χ1n) is 6.38. The Morgan fingerprint density at radius 1 is 1.40 bits per heavy atom. The first kappa shape index (κ1) is 12.7. The van der Waals surface area contributed by atoms with E-state index in [0.717, 1.165) is 5.69 Å². The van der Waals surface area contributed by atoms with Gasteiger partial charge in [0.2, 0.25) is 5.76 Å². The second kappa shape index (κ2) is 4.99. The van der Waals surface area contributed by atoms with E-state index in [1.54, 1.807) is 10.8 Å². The molecule has 0 saturated heterocycles. The lowest BCUT2D eigenvalue weighted by Gasteiger charge is -2.02. The summed E-state index contributed by atoms with van der Waals surface area (Å²) in [4.78, 5) is 11.5. The largest absolute Gasteiger partial charge is 0.490 e. The maximum Gasteiger partial charge on any atom is 0.383 e. The van der Waals surface area contributed by atoms with E-state index in [0.29, 0.717) is 24.0 Å². The molecule has 1 saturated carbocycles. The number of ether oxygens (including phenoxy) is 3. The molecule has 0 radical (unpaired) electrons. The van der Waals surface area contributed by atoms with Crippen LogP contribution in [0.3, 0.4) is 0 Å². The van der Waals surface area contributed by atoms with Crippen LogP contribution < -0.4 is 0 Å². The summed E-state index contributed by atoms with van der Waals surface area (Å²) in [5.74, 6) is 0.747. The SMILES string of the molecule is COC1=C(OC)/C(=C/Cn2cc(C3CC3)nn2)OC1=O. The minimum absolute atomic E-state index is 0.0796. The minimum Gasteiger partial charge on any atom is -0.490 e. The van der Waals surface area contributed by atoms with Gasteiger partial charge in [-0.25, -0.2) is 9.48 Å². The third-order valence-electron chi connectivity index (χ3n) is 3.24. The van der Waals surface area contributed by atoms with Gasteiger partial charge in [0.05, 0.1) is 26.5 Å². The highest BCUT2D eigenvalue weighted by atomic mass is 16.6. The Balaban J connectivity index is 1.74. The standard InChI is InChI=1S/C13H15N3O4/c1-18-11-10(20-13(17)12(11)19-2)5-6-16-7-9(14-15-16)8-3-4-8/h5,7-8H,3-4,6H2,1-2H3/b10-5-. The van der Waals surface area contributed by atoms with Crippen LogP contribution in [0.5, 0.6) is 0 Å². The van der Waals surface area contributed by atoms with Crippen molar-refractivity contribution in [3.63, 3.8) is 0 Å². The maximum absolute atomic E-state index is 11.5. The zero-order valence-electron chi connectivity index (χ0n) is 11.3. The predicted octanol–water partition coefficient (Wildman–Crippen LogP) is 1.10. The smallest absolute Gasteiger partial charge is 0.383 e. The van der Waals surface area contributed by atoms with Crippen molar-refractivity contribution in [2.45, 2.75) is 25.3 Å². The topological polar surface area (TPSA) is 75.5 Å². The minimum atomic E-state index is -0.548. The lowest BCUT2D eigenvalue weighted by Crippen LogP contribution is -2.01. The molecule has 1 aliphatic heterocycles. The molecule has 0 aromatic carbocycles. The Bertz CT molecular complexity index is 599. The van der Waals surface area contributed by atoms with Crippen molar-refractivity contribution in [1.82, 2.24) is 15.0 Å². The molecule has 0 spiro atoms. The number of carbonyl (C=O) groups excluding carboxylic acids is 1. The molecule has 0 atom stereocenters. The van der Waals surface area contributed by atoms with Gasteiger partial charge in [0.25, 0.3) is 5.76 Å². The third kappa shape index (κ3) is 2.26. The van der Waals surface area contributed by atoms with Gasteiger partial charge in [-0.3, -0.25) is 0 Å². The molecule has 106 valence electrons. The average Bonchev–Trinajstić information content (AvgIpc) is 3.10. The zero-order chi connectivity index (χ0) is 14.1. The third-order valence-corrected chi connectivity index (χ3v) is 3.24. The first-order chi connectivity index (χ1) is 9.72. The zero-order valence-corrected chi connectivity index (χ0v) is 11.3. The highest BCUT2D eigenvalue weighted by Crippen LogP contribution is 2.38. The van der Waals surface area contributed by atoms with E-state index in [2.05, 4.69) is 10.3 Å². The molecule has 20 heavy (non-hydrogen) atoms. The number of esters is 1. The van der Waals surface area contributed by atoms with Crippen LogP contribution in [0.25, 0.3) is 0 Å². The molecule has 2 aliphatic rings. The van der Waals surface area contributed by atoms with E-state index >= 15 is 0 Å². The molecular weight excluding hydrogens is 262 g/mol. The van der Waals surface area contributed by atoms with E-state index in [9.17, 15) is 4.79 Å². The molecule has 0 bridgehead atoms. The summed E-state index contributed by atoms with van der Waals surface area (Å²) in [7, 11) is 2.86. The maximum atomic E-state index is 11.5. The van der Waals surface area contributed by atoms with Crippen LogP contribution >= 0.6 is 0 Å². The Morgan fingerprint density at radius 2 is 2.15 bits per heavy atom. The summed E-state index contributed by atoms with van der Waals surface area (Å²) in [5.41, 5.74) is 1.02. The monoisotopic (exact) mass is 277 g/mol. The number of hydrogen-bond donors (Lipinski definition) is 0. The molecule has 7 nitrogen and oxygen atoms in total. The van der Waals surface area contributed by atoms with Crippen LogP contribution in [-0.2, 0) is 25.5 Å². The summed E-state index contributed by atoms with van der Waals surface area (Å²) < 4.78 is 16.9. The average molecular weight is 277 g/mol. The highest BCUT2D eigenvalue weighted by molar-refractivity contribution is 5.91. The van der Waals surface area contributed by atoms with Crippen LogP contribution in [-0.4, -0.2) is 35.2 Å². The molecular formula is C13H15N3O4. The van der Waals surface area contributed by atoms with Gasteiger partial charge in [-0.2, -0.15) is 0 Å². The van der Waals surface area contributed by atoms with Gasteiger partial charge in [-0.05, 0) is 18.9 Å². The summed E-state index contributed by atoms with van der Waals surface area (Å²) in [5, 5.41) is 8.16. The molecule has 2 heterocycles. The van der Waals surface area contributed by atoms with Gasteiger partial charge in [0.1, 0.15) is 0 Å². The Morgan fingerprint density at radius 3 is 2.80 bits per heavy atom. The molecule has 3 rings (SSSR count). The number of hydrogen-bond acceptors (Lipinski definition) is 6. The van der Waals surface area contributed by atoms with Crippen molar-refractivity contribution in [1.29, 1.82) is 0 Å². The number of methoxy groups -OCH3 is 2. The van der Waals surface area contributed by atoms with E-state index in [1.807, 2.05) is 6.20 Å². The molecule has 1 fully saturated rings. The van der Waals surface area contributed by atoms with Crippen molar-refractivity contribution in [2.75, 3.05) is 14.2 Å². The molecule has 0 amide bonds. The van der Waals surface area contributed by atoms with Gasteiger partial charge < -0.3 is 14.2 Å². The van der Waals surface area contributed by atoms with Crippen LogP contribution in [0.1, 0.15) is 24.5 Å². The number of rotatable bonds is 5. The van der Waals surface area contributed by atoms with Crippen molar-refractivity contribution in [3.8, 4) is 0 Å². The lowest BCUT2D eigenvalue weighted by molar-refractivity contribution is -0.136. The first-order valence-corrected chi connectivity index (χ1v) is 6.38. The van der Waals surface area contributed by atoms with Crippen LogP contribution in [0.4, 0.5) is 0 Å². The molecule has 0 unspecified atom stereocenters. The second-order valence-electron chi connectivity index (χ2n) is 4.66. The number of nitrogens with zero attached hydrogens (tertiary/aromatic N) is 3. The number of cyclic esters (lactones) is 1. The summed E-state index contributed by atoms with van der Waals surface area (Å²) in [6, 6.07) is 0. The highest BCUT2D eigenvalue weighted by Gasteiger charge is 2.32. The Labute approximate surface area is 115 Å². The predicted molar refractivity (Wildman–Crippen MR) is 67.2 cm³/mol. The fourth-order valence-corrected chi connectivity index (χ4v) is 2.05. The summed E-state index contributed by atoms with van der Waals surface area (Å²) in [6.45, 7) is 0.451. The van der Waals surface area contributed by atoms with E-state index in [4.69, 9.17) is 14.2 Å². The fraction of sp³-hybridized carbons (Fsp3) is 0.462. The Kier molecular flexibility index (Phi) is 3.17. The van der Waals surface area contributed by atoms with Gasteiger partial charge >= 0.3 is 5.97 Å². The number of allylic oxidation sites excluding steroid dienone is 1. The van der Waals surface area contributed by atoms with Gasteiger partial charge in [-0.1, -0.05) is 5.21 Å². The van der Waals surface area contributed by atoms with Crippen molar-refractivity contribution >= 4 is 5.97 Å². The number of carbonyl (C=O) groups is 1. The quantitative estimate of drug-likeness (QED) is 0.750. The summed E-state index contributed by atoms with van der Waals surface area (Å²) in [6.07, 6.45) is 6.00.